The van der Waals surface area contributed by atoms with Gasteiger partial charge in [-0.15, -0.1) is 10.2 Å². The molecule has 3 heterocycles. The van der Waals surface area contributed by atoms with Crippen molar-refractivity contribution in [1.29, 1.82) is 0 Å². The quantitative estimate of drug-likeness (QED) is 0.564. The highest BCUT2D eigenvalue weighted by atomic mass is 16.5. The maximum atomic E-state index is 13.0. The number of likely N-dealkylation sites (tertiary alicyclic amines) is 1. The second kappa shape index (κ2) is 10.5. The van der Waals surface area contributed by atoms with Crippen molar-refractivity contribution in [3.05, 3.63) is 54.2 Å². The van der Waals surface area contributed by atoms with E-state index in [1.165, 1.54) is 12.8 Å². The number of hydrogen-bond acceptors (Lipinski definition) is 7. The molecule has 1 amide bonds. The Morgan fingerprint density at radius 2 is 1.77 bits per heavy atom. The molecule has 3 aromatic rings. The first-order valence-electron chi connectivity index (χ1n) is 12.5. The zero-order valence-corrected chi connectivity index (χ0v) is 20.6. The van der Waals surface area contributed by atoms with Crippen LogP contribution in [0.3, 0.4) is 0 Å². The van der Waals surface area contributed by atoms with Gasteiger partial charge < -0.3 is 24.8 Å². The molecule has 5 rings (SSSR count). The first kappa shape index (κ1) is 23.4. The highest BCUT2D eigenvalue weighted by Crippen LogP contribution is 2.28. The zero-order chi connectivity index (χ0) is 24.2. The van der Waals surface area contributed by atoms with Crippen LogP contribution in [0.25, 0.3) is 10.8 Å². The summed E-state index contributed by atoms with van der Waals surface area (Å²) in [6.07, 6.45) is 3.40. The molecule has 2 saturated heterocycles. The number of anilines is 2. The third kappa shape index (κ3) is 5.03. The molecule has 1 atom stereocenters. The molecule has 0 aliphatic carbocycles. The number of fused-ring (bicyclic) bond motifs is 1. The first-order chi connectivity index (χ1) is 17.1. The zero-order valence-electron chi connectivity index (χ0n) is 20.6. The van der Waals surface area contributed by atoms with E-state index in [1.54, 1.807) is 7.11 Å². The Hall–Kier alpha value is -3.39. The van der Waals surface area contributed by atoms with E-state index in [-0.39, 0.29) is 5.91 Å². The van der Waals surface area contributed by atoms with Crippen molar-refractivity contribution in [2.75, 3.05) is 63.2 Å². The Morgan fingerprint density at radius 1 is 1.00 bits per heavy atom. The van der Waals surface area contributed by atoms with Crippen LogP contribution in [0.2, 0.25) is 0 Å². The lowest BCUT2D eigenvalue weighted by molar-refractivity contribution is 0.0946. The van der Waals surface area contributed by atoms with Crippen molar-refractivity contribution in [3.63, 3.8) is 0 Å². The molecule has 0 unspecified atom stereocenters. The van der Waals surface area contributed by atoms with Gasteiger partial charge in [0.25, 0.3) is 5.91 Å². The van der Waals surface area contributed by atoms with Crippen molar-refractivity contribution < 1.29 is 9.53 Å². The fourth-order valence-corrected chi connectivity index (χ4v) is 5.25. The average molecular weight is 475 g/mol. The van der Waals surface area contributed by atoms with Crippen LogP contribution in [0.15, 0.2) is 48.5 Å². The van der Waals surface area contributed by atoms with E-state index in [1.807, 2.05) is 36.4 Å². The molecule has 184 valence electrons. The summed E-state index contributed by atoms with van der Waals surface area (Å²) in [6.45, 7) is 5.20. The number of methoxy groups -OCH3 is 1. The van der Waals surface area contributed by atoms with Gasteiger partial charge >= 0.3 is 0 Å². The van der Waals surface area contributed by atoms with Gasteiger partial charge in [-0.1, -0.05) is 30.3 Å². The van der Waals surface area contributed by atoms with E-state index in [0.29, 0.717) is 18.3 Å². The second-order valence-corrected chi connectivity index (χ2v) is 9.41. The number of ether oxygens (including phenoxy) is 1. The van der Waals surface area contributed by atoms with Gasteiger partial charge in [0.05, 0.1) is 7.11 Å². The number of amides is 1. The minimum atomic E-state index is -0.149. The van der Waals surface area contributed by atoms with Crippen LogP contribution >= 0.6 is 0 Å². The number of benzene rings is 2. The number of nitrogens with one attached hydrogen (secondary N) is 1. The summed E-state index contributed by atoms with van der Waals surface area (Å²) < 4.78 is 5.38. The number of piperazine rings is 1. The molecule has 0 spiro atoms. The smallest absolute Gasteiger partial charge is 0.272 e. The molecule has 8 nitrogen and oxygen atoms in total. The third-order valence-corrected chi connectivity index (χ3v) is 7.32. The van der Waals surface area contributed by atoms with Gasteiger partial charge in [-0.3, -0.25) is 4.79 Å². The van der Waals surface area contributed by atoms with Crippen LogP contribution in [-0.2, 0) is 0 Å². The summed E-state index contributed by atoms with van der Waals surface area (Å²) in [5.41, 5.74) is 1.56. The molecule has 1 aromatic heterocycles. The molecule has 8 heteroatoms. The van der Waals surface area contributed by atoms with Crippen LogP contribution in [-0.4, -0.2) is 80.5 Å². The molecule has 35 heavy (non-hydrogen) atoms. The Bertz CT molecular complexity index is 1180. The van der Waals surface area contributed by atoms with Crippen LogP contribution < -0.4 is 19.9 Å². The lowest BCUT2D eigenvalue weighted by Crippen LogP contribution is -2.47. The predicted octanol–water partition coefficient (Wildman–Crippen LogP) is 3.18. The minimum absolute atomic E-state index is 0.149. The fraction of sp³-hybridized carbons (Fsp3) is 0.444. The summed E-state index contributed by atoms with van der Waals surface area (Å²) in [6, 6.07) is 16.7. The monoisotopic (exact) mass is 474 g/mol. The molecule has 2 aliphatic heterocycles. The van der Waals surface area contributed by atoms with Gasteiger partial charge in [0.1, 0.15) is 5.75 Å². The Balaban J connectivity index is 1.28. The van der Waals surface area contributed by atoms with Gasteiger partial charge in [-0.2, -0.15) is 0 Å². The minimum Gasteiger partial charge on any atom is -0.497 e. The number of hydrogen-bond donors (Lipinski definition) is 1. The molecule has 2 fully saturated rings. The molecule has 0 radical (unpaired) electrons. The fourth-order valence-electron chi connectivity index (χ4n) is 5.25. The molecule has 1 N–H and O–H groups in total. The lowest BCUT2D eigenvalue weighted by atomic mass is 10.1. The van der Waals surface area contributed by atoms with Crippen molar-refractivity contribution in [1.82, 2.24) is 20.4 Å². The summed E-state index contributed by atoms with van der Waals surface area (Å²) in [4.78, 5) is 20.0. The van der Waals surface area contributed by atoms with E-state index >= 15 is 0 Å². The maximum Gasteiger partial charge on any atom is 0.272 e. The highest BCUT2D eigenvalue weighted by Gasteiger charge is 2.24. The van der Waals surface area contributed by atoms with Gasteiger partial charge in [0.2, 0.25) is 0 Å². The van der Waals surface area contributed by atoms with Crippen LogP contribution in [0, 0.1) is 0 Å². The molecule has 2 aliphatic rings. The topological polar surface area (TPSA) is 73.8 Å². The summed E-state index contributed by atoms with van der Waals surface area (Å²) >= 11 is 0. The van der Waals surface area contributed by atoms with Gasteiger partial charge in [0.15, 0.2) is 11.5 Å². The Kier molecular flexibility index (Phi) is 6.99. The van der Waals surface area contributed by atoms with Crippen molar-refractivity contribution in [2.45, 2.75) is 25.3 Å². The van der Waals surface area contributed by atoms with Crippen molar-refractivity contribution in [2.24, 2.45) is 0 Å². The number of rotatable bonds is 7. The van der Waals surface area contributed by atoms with Gasteiger partial charge in [-0.05, 0) is 45.0 Å². The Morgan fingerprint density at radius 3 is 2.51 bits per heavy atom. The summed E-state index contributed by atoms with van der Waals surface area (Å²) in [5.74, 6) is 1.56. The summed E-state index contributed by atoms with van der Waals surface area (Å²) in [7, 11) is 3.85. The van der Waals surface area contributed by atoms with E-state index in [4.69, 9.17) is 4.74 Å². The molecular formula is C27H34N6O2. The predicted molar refractivity (Wildman–Crippen MR) is 140 cm³/mol. The molecule has 2 aromatic carbocycles. The van der Waals surface area contributed by atoms with Crippen LogP contribution in [0.5, 0.6) is 5.75 Å². The molecular weight excluding hydrogens is 440 g/mol. The largest absolute Gasteiger partial charge is 0.497 e. The van der Waals surface area contributed by atoms with Crippen LogP contribution in [0.1, 0.15) is 29.8 Å². The van der Waals surface area contributed by atoms with Crippen molar-refractivity contribution in [3.8, 4) is 5.75 Å². The Labute approximate surface area is 206 Å². The number of carbonyl (C=O) groups is 1. The van der Waals surface area contributed by atoms with E-state index < -0.39 is 0 Å². The van der Waals surface area contributed by atoms with E-state index in [2.05, 4.69) is 49.4 Å². The van der Waals surface area contributed by atoms with E-state index in [0.717, 1.165) is 67.2 Å². The van der Waals surface area contributed by atoms with Crippen LogP contribution in [0.4, 0.5) is 11.5 Å². The third-order valence-electron chi connectivity index (χ3n) is 7.32. The summed E-state index contributed by atoms with van der Waals surface area (Å²) in [5, 5.41) is 13.8. The highest BCUT2D eigenvalue weighted by molar-refractivity contribution is 6.07. The number of aromatic nitrogens is 2. The number of carbonyl (C=O) groups excluding carboxylic acids is 1. The average Bonchev–Trinajstić information content (AvgIpc) is 3.32. The SMILES string of the molecule is COc1cccc(N2CCN(c3nnc(C(=O)NCC[C@H]4CCCN4C)c4ccccc34)CC2)c1. The van der Waals surface area contributed by atoms with E-state index in [9.17, 15) is 4.79 Å². The lowest BCUT2D eigenvalue weighted by Gasteiger charge is -2.37. The molecule has 0 bridgehead atoms. The molecule has 0 saturated carbocycles. The second-order valence-electron chi connectivity index (χ2n) is 9.41. The first-order valence-corrected chi connectivity index (χ1v) is 12.5. The number of nitrogens with zero attached hydrogens (tertiary/aromatic N) is 5. The maximum absolute atomic E-state index is 13.0. The normalized spacial score (nSPS) is 18.7. The van der Waals surface area contributed by atoms with Crippen molar-refractivity contribution >= 4 is 28.2 Å². The standard InChI is InChI=1S/C27H34N6O2/c1-31-14-6-8-20(31)12-13-28-27(34)25-23-10-3-4-11-24(23)26(30-29-25)33-17-15-32(16-18-33)21-7-5-9-22(19-21)35-2/h3-5,7,9-11,19-20H,6,8,12-18H2,1-2H3,(H,28,34)/t20-/m1/s1. The van der Waals surface area contributed by atoms with Gasteiger partial charge in [-0.25, -0.2) is 0 Å². The van der Waals surface area contributed by atoms with Gasteiger partial charge in [0, 0.05) is 61.3 Å².